The minimum absolute atomic E-state index is 0.0492. The van der Waals surface area contributed by atoms with Crippen LogP contribution >= 0.6 is 22.9 Å². The lowest BCUT2D eigenvalue weighted by molar-refractivity contribution is 0.122. The van der Waals surface area contributed by atoms with Crippen LogP contribution in [0.1, 0.15) is 10.4 Å². The average molecular weight is 383 g/mol. The Bertz CT molecular complexity index is 689. The summed E-state index contributed by atoms with van der Waals surface area (Å²) in [5.74, 6) is 0.943. The lowest BCUT2D eigenvalue weighted by Crippen LogP contribution is -2.45. The fraction of sp³-hybridized carbons (Fsp3) is 0.444. The van der Waals surface area contributed by atoms with Crippen LogP contribution in [0.4, 0.5) is 0 Å². The number of ether oxygens (including phenoxy) is 2. The third kappa shape index (κ3) is 4.58. The summed E-state index contributed by atoms with van der Waals surface area (Å²) in [6.45, 7) is 5.84. The summed E-state index contributed by atoms with van der Waals surface area (Å²) in [5, 5.41) is 10.0. The van der Waals surface area contributed by atoms with Crippen molar-refractivity contribution >= 4 is 22.9 Å². The van der Waals surface area contributed by atoms with Crippen molar-refractivity contribution in [2.24, 2.45) is 0 Å². The summed E-state index contributed by atoms with van der Waals surface area (Å²) in [6, 6.07) is 7.81. The predicted molar refractivity (Wildman–Crippen MR) is 101 cm³/mol. The molecule has 25 heavy (non-hydrogen) atoms. The van der Waals surface area contributed by atoms with Gasteiger partial charge in [-0.3, -0.25) is 9.80 Å². The van der Waals surface area contributed by atoms with Gasteiger partial charge in [0.05, 0.1) is 18.6 Å². The molecular formula is C18H23ClN2O3S. The molecule has 0 bridgehead atoms. The van der Waals surface area contributed by atoms with Crippen molar-refractivity contribution in [2.45, 2.75) is 13.1 Å². The smallest absolute Gasteiger partial charge is 0.200 e. The van der Waals surface area contributed by atoms with Crippen LogP contribution in [0.2, 0.25) is 4.34 Å². The second kappa shape index (κ2) is 8.27. The molecule has 1 aromatic carbocycles. The third-order valence-electron chi connectivity index (χ3n) is 4.42. The first-order chi connectivity index (χ1) is 12.1. The highest BCUT2D eigenvalue weighted by molar-refractivity contribution is 7.16. The predicted octanol–water partition coefficient (Wildman–Crippen LogP) is 3.44. The molecule has 5 nitrogen and oxygen atoms in total. The molecule has 0 aliphatic carbocycles. The normalized spacial score (nSPS) is 16.1. The van der Waals surface area contributed by atoms with E-state index in [1.165, 1.54) is 4.88 Å². The van der Waals surface area contributed by atoms with Gasteiger partial charge in [-0.15, -0.1) is 11.3 Å². The minimum atomic E-state index is 0.0492. The first-order valence-corrected chi connectivity index (χ1v) is 9.41. The number of thiophene rings is 1. The fourth-order valence-corrected chi connectivity index (χ4v) is 4.19. The van der Waals surface area contributed by atoms with Crippen LogP contribution in [0.3, 0.4) is 0 Å². The van der Waals surface area contributed by atoms with E-state index in [1.807, 2.05) is 18.2 Å². The lowest BCUT2D eigenvalue weighted by atomic mass is 10.1. The molecule has 0 saturated carbocycles. The van der Waals surface area contributed by atoms with Crippen molar-refractivity contribution in [3.05, 3.63) is 39.0 Å². The molecule has 3 rings (SSSR count). The van der Waals surface area contributed by atoms with E-state index >= 15 is 0 Å². The van der Waals surface area contributed by atoms with Gasteiger partial charge in [0.25, 0.3) is 0 Å². The van der Waals surface area contributed by atoms with Crippen molar-refractivity contribution in [1.29, 1.82) is 0 Å². The monoisotopic (exact) mass is 382 g/mol. The lowest BCUT2D eigenvalue weighted by Gasteiger charge is -2.34. The highest BCUT2D eigenvalue weighted by Crippen LogP contribution is 2.37. The molecule has 136 valence electrons. The number of hydrogen-bond acceptors (Lipinski definition) is 6. The summed E-state index contributed by atoms with van der Waals surface area (Å²) in [5.41, 5.74) is 1.07. The van der Waals surface area contributed by atoms with Crippen molar-refractivity contribution in [3.63, 3.8) is 0 Å². The second-order valence-corrected chi connectivity index (χ2v) is 7.91. The zero-order valence-corrected chi connectivity index (χ0v) is 16.1. The number of rotatable bonds is 6. The molecule has 0 spiro atoms. The van der Waals surface area contributed by atoms with E-state index in [0.29, 0.717) is 11.5 Å². The number of phenolic OH excluding ortho intramolecular Hbond substituents is 1. The molecule has 7 heteroatoms. The van der Waals surface area contributed by atoms with Gasteiger partial charge < -0.3 is 14.6 Å². The molecule has 1 fully saturated rings. The maximum atomic E-state index is 10.0. The standard InChI is InChI=1S/C18H23ClN2O3S/c1-23-15-9-13(10-16(24-2)18(15)22)11-20-5-7-21(8-6-20)12-14-3-4-17(19)25-14/h3-4,9-10,22H,5-8,11-12H2,1-2H3. The molecule has 1 aliphatic rings. The molecular weight excluding hydrogens is 360 g/mol. The summed E-state index contributed by atoms with van der Waals surface area (Å²) in [6.07, 6.45) is 0. The maximum absolute atomic E-state index is 10.0. The van der Waals surface area contributed by atoms with Gasteiger partial charge in [0.15, 0.2) is 11.5 Å². The zero-order valence-electron chi connectivity index (χ0n) is 14.5. The van der Waals surface area contributed by atoms with Crippen molar-refractivity contribution in [1.82, 2.24) is 9.80 Å². The van der Waals surface area contributed by atoms with Gasteiger partial charge in [-0.05, 0) is 29.8 Å². The van der Waals surface area contributed by atoms with Gasteiger partial charge in [0, 0.05) is 44.1 Å². The molecule has 0 radical (unpaired) electrons. The number of halogens is 1. The zero-order chi connectivity index (χ0) is 17.8. The SMILES string of the molecule is COc1cc(CN2CCN(Cc3ccc(Cl)s3)CC2)cc(OC)c1O. The second-order valence-electron chi connectivity index (χ2n) is 6.11. The number of methoxy groups -OCH3 is 2. The first kappa shape index (κ1) is 18.3. The van der Waals surface area contributed by atoms with Crippen molar-refractivity contribution < 1.29 is 14.6 Å². The molecule has 2 heterocycles. The number of nitrogens with zero attached hydrogens (tertiary/aromatic N) is 2. The van der Waals surface area contributed by atoms with E-state index < -0.39 is 0 Å². The van der Waals surface area contributed by atoms with Crippen LogP contribution < -0.4 is 9.47 Å². The Balaban J connectivity index is 1.57. The Morgan fingerprint density at radius 1 is 1.00 bits per heavy atom. The Labute approximate surface area is 157 Å². The Kier molecular flexibility index (Phi) is 6.06. The van der Waals surface area contributed by atoms with E-state index in [0.717, 1.165) is 49.2 Å². The Morgan fingerprint density at radius 3 is 2.04 bits per heavy atom. The van der Waals surface area contributed by atoms with Crippen LogP contribution in [-0.4, -0.2) is 55.3 Å². The minimum Gasteiger partial charge on any atom is -0.502 e. The molecule has 0 amide bonds. The average Bonchev–Trinajstić information content (AvgIpc) is 3.02. The number of benzene rings is 1. The number of piperazine rings is 1. The molecule has 1 aliphatic heterocycles. The number of phenols is 1. The largest absolute Gasteiger partial charge is 0.502 e. The van der Waals surface area contributed by atoms with Crippen LogP contribution in [0.15, 0.2) is 24.3 Å². The van der Waals surface area contributed by atoms with Crippen LogP contribution in [0.25, 0.3) is 0 Å². The Hall–Kier alpha value is -1.47. The van der Waals surface area contributed by atoms with E-state index in [2.05, 4.69) is 15.9 Å². The molecule has 2 aromatic rings. The van der Waals surface area contributed by atoms with E-state index in [1.54, 1.807) is 25.6 Å². The van der Waals surface area contributed by atoms with Gasteiger partial charge in [-0.2, -0.15) is 0 Å². The summed E-state index contributed by atoms with van der Waals surface area (Å²) in [4.78, 5) is 6.17. The fourth-order valence-electron chi connectivity index (χ4n) is 3.06. The maximum Gasteiger partial charge on any atom is 0.200 e. The molecule has 0 atom stereocenters. The van der Waals surface area contributed by atoms with Crippen molar-refractivity contribution in [2.75, 3.05) is 40.4 Å². The summed E-state index contributed by atoms with van der Waals surface area (Å²) >= 11 is 7.66. The first-order valence-electron chi connectivity index (χ1n) is 8.22. The van der Waals surface area contributed by atoms with Gasteiger partial charge in [0.2, 0.25) is 5.75 Å². The molecule has 1 saturated heterocycles. The highest BCUT2D eigenvalue weighted by Gasteiger charge is 2.19. The summed E-state index contributed by atoms with van der Waals surface area (Å²) < 4.78 is 11.3. The Morgan fingerprint density at radius 2 is 1.56 bits per heavy atom. The molecule has 1 N–H and O–H groups in total. The van der Waals surface area contributed by atoms with Gasteiger partial charge in [0.1, 0.15) is 0 Å². The van der Waals surface area contributed by atoms with Gasteiger partial charge in [-0.1, -0.05) is 11.6 Å². The van der Waals surface area contributed by atoms with Crippen LogP contribution in [-0.2, 0) is 13.1 Å². The topological polar surface area (TPSA) is 45.2 Å². The van der Waals surface area contributed by atoms with E-state index in [9.17, 15) is 5.11 Å². The number of aromatic hydroxyl groups is 1. The quantitative estimate of drug-likeness (QED) is 0.829. The molecule has 1 aromatic heterocycles. The third-order valence-corrected chi connectivity index (χ3v) is 5.63. The van der Waals surface area contributed by atoms with Crippen molar-refractivity contribution in [3.8, 4) is 17.2 Å². The van der Waals surface area contributed by atoms with E-state index in [-0.39, 0.29) is 5.75 Å². The summed E-state index contributed by atoms with van der Waals surface area (Å²) in [7, 11) is 3.10. The van der Waals surface area contributed by atoms with E-state index in [4.69, 9.17) is 21.1 Å². The number of hydrogen-bond donors (Lipinski definition) is 1. The highest BCUT2D eigenvalue weighted by atomic mass is 35.5. The van der Waals surface area contributed by atoms with Crippen LogP contribution in [0, 0.1) is 0 Å². The van der Waals surface area contributed by atoms with Gasteiger partial charge in [-0.25, -0.2) is 0 Å². The van der Waals surface area contributed by atoms with Crippen LogP contribution in [0.5, 0.6) is 17.2 Å². The molecule has 0 unspecified atom stereocenters. The van der Waals surface area contributed by atoms with Gasteiger partial charge >= 0.3 is 0 Å².